The number of benzene rings is 3. The number of nitrogens with zero attached hydrogens (tertiary/aromatic N) is 1. The van der Waals surface area contributed by atoms with Crippen LogP contribution in [0.3, 0.4) is 0 Å². The molecule has 2 heterocycles. The Labute approximate surface area is 191 Å². The maximum absolute atomic E-state index is 13.5. The maximum atomic E-state index is 13.5. The van der Waals surface area contributed by atoms with E-state index in [0.717, 1.165) is 16.9 Å². The third kappa shape index (κ3) is 3.63. The molecule has 1 aromatic heterocycles. The molecule has 3 aromatic carbocycles. The summed E-state index contributed by atoms with van der Waals surface area (Å²) in [6.07, 6.45) is 0.623. The standard InChI is InChI=1S/C27H23NO5/c1-31-19-12-10-17(11-13-19)14-15-28-24(18-6-5-7-20(16-18)32-2)23-25(29)21-8-3-4-9-22(21)33-26(23)27(28)30/h3-13,16,24H,14-15H2,1-2H3/t24-/m1/s1. The summed E-state index contributed by atoms with van der Waals surface area (Å²) in [6.45, 7) is 0.424. The number of hydrogen-bond acceptors (Lipinski definition) is 5. The van der Waals surface area contributed by atoms with E-state index < -0.39 is 6.04 Å². The highest BCUT2D eigenvalue weighted by molar-refractivity contribution is 5.99. The van der Waals surface area contributed by atoms with Crippen molar-refractivity contribution in [3.63, 3.8) is 0 Å². The van der Waals surface area contributed by atoms with Gasteiger partial charge in [-0.2, -0.15) is 0 Å². The summed E-state index contributed by atoms with van der Waals surface area (Å²) in [5.74, 6) is 1.27. The van der Waals surface area contributed by atoms with E-state index in [1.807, 2.05) is 48.5 Å². The summed E-state index contributed by atoms with van der Waals surface area (Å²) in [5, 5.41) is 0.467. The fraction of sp³-hybridized carbons (Fsp3) is 0.185. The van der Waals surface area contributed by atoms with E-state index >= 15 is 0 Å². The fourth-order valence-electron chi connectivity index (χ4n) is 4.40. The van der Waals surface area contributed by atoms with Crippen molar-refractivity contribution < 1.29 is 18.7 Å². The summed E-state index contributed by atoms with van der Waals surface area (Å²) < 4.78 is 16.6. The first-order valence-corrected chi connectivity index (χ1v) is 10.7. The molecule has 0 saturated carbocycles. The predicted molar refractivity (Wildman–Crippen MR) is 125 cm³/mol. The van der Waals surface area contributed by atoms with Gasteiger partial charge in [-0.1, -0.05) is 36.4 Å². The molecule has 0 N–H and O–H groups in total. The van der Waals surface area contributed by atoms with Crippen molar-refractivity contribution in [1.82, 2.24) is 4.90 Å². The van der Waals surface area contributed by atoms with Gasteiger partial charge in [0, 0.05) is 6.54 Å². The summed E-state index contributed by atoms with van der Waals surface area (Å²) in [4.78, 5) is 28.7. The molecule has 4 aromatic rings. The highest BCUT2D eigenvalue weighted by atomic mass is 16.5. The van der Waals surface area contributed by atoms with Crippen LogP contribution in [-0.2, 0) is 6.42 Å². The number of carbonyl (C=O) groups excluding carboxylic acids is 1. The van der Waals surface area contributed by atoms with E-state index in [-0.39, 0.29) is 17.1 Å². The van der Waals surface area contributed by atoms with Crippen LogP contribution in [0, 0.1) is 0 Å². The lowest BCUT2D eigenvalue weighted by Crippen LogP contribution is -2.31. The smallest absolute Gasteiger partial charge is 0.290 e. The molecule has 1 amide bonds. The first-order chi connectivity index (χ1) is 16.1. The second-order valence-electron chi connectivity index (χ2n) is 7.95. The minimum Gasteiger partial charge on any atom is -0.497 e. The van der Waals surface area contributed by atoms with Crippen LogP contribution in [0.15, 0.2) is 82.0 Å². The average Bonchev–Trinajstić information content (AvgIpc) is 3.15. The molecule has 1 aliphatic heterocycles. The first kappa shape index (κ1) is 20.8. The molecule has 0 spiro atoms. The van der Waals surface area contributed by atoms with E-state index in [1.165, 1.54) is 0 Å². The second-order valence-corrected chi connectivity index (χ2v) is 7.95. The van der Waals surface area contributed by atoms with Crippen LogP contribution in [0.5, 0.6) is 11.5 Å². The minimum atomic E-state index is -0.554. The average molecular weight is 441 g/mol. The fourth-order valence-corrected chi connectivity index (χ4v) is 4.40. The van der Waals surface area contributed by atoms with Gasteiger partial charge < -0.3 is 18.8 Å². The summed E-state index contributed by atoms with van der Waals surface area (Å²) >= 11 is 0. The number of methoxy groups -OCH3 is 2. The monoisotopic (exact) mass is 441 g/mol. The topological polar surface area (TPSA) is 69.0 Å². The van der Waals surface area contributed by atoms with E-state index in [0.29, 0.717) is 35.2 Å². The molecular weight excluding hydrogens is 418 g/mol. The van der Waals surface area contributed by atoms with E-state index in [4.69, 9.17) is 13.9 Å². The van der Waals surface area contributed by atoms with Crippen molar-refractivity contribution in [1.29, 1.82) is 0 Å². The summed E-state index contributed by atoms with van der Waals surface area (Å²) in [7, 11) is 3.22. The van der Waals surface area contributed by atoms with Crippen molar-refractivity contribution in [2.45, 2.75) is 12.5 Å². The van der Waals surface area contributed by atoms with E-state index in [1.54, 1.807) is 43.4 Å². The molecule has 6 nitrogen and oxygen atoms in total. The van der Waals surface area contributed by atoms with Gasteiger partial charge in [0.25, 0.3) is 5.91 Å². The number of rotatable bonds is 6. The van der Waals surface area contributed by atoms with Crippen molar-refractivity contribution in [3.8, 4) is 11.5 Å². The van der Waals surface area contributed by atoms with Gasteiger partial charge in [-0.3, -0.25) is 9.59 Å². The van der Waals surface area contributed by atoms with Crippen LogP contribution in [-0.4, -0.2) is 31.6 Å². The number of fused-ring (bicyclic) bond motifs is 2. The van der Waals surface area contributed by atoms with Gasteiger partial charge in [0.1, 0.15) is 17.1 Å². The third-order valence-corrected chi connectivity index (χ3v) is 6.08. The number of ether oxygens (including phenoxy) is 2. The molecule has 1 atom stereocenters. The molecule has 0 unspecified atom stereocenters. The number of hydrogen-bond donors (Lipinski definition) is 0. The zero-order chi connectivity index (χ0) is 22.9. The SMILES string of the molecule is COc1ccc(CCN2C(=O)c3oc4ccccc4c(=O)c3[C@H]2c2cccc(OC)c2)cc1. The molecule has 0 fully saturated rings. The van der Waals surface area contributed by atoms with Gasteiger partial charge in [0.2, 0.25) is 5.76 Å². The molecular formula is C27H23NO5. The minimum absolute atomic E-state index is 0.112. The number of para-hydroxylation sites is 1. The Morgan fingerprint density at radius 3 is 2.39 bits per heavy atom. The Hall–Kier alpha value is -4.06. The maximum Gasteiger partial charge on any atom is 0.290 e. The molecule has 5 rings (SSSR count). The Morgan fingerprint density at radius 1 is 0.879 bits per heavy atom. The summed E-state index contributed by atoms with van der Waals surface area (Å²) in [6, 6.07) is 21.7. The van der Waals surface area contributed by atoms with Crippen molar-refractivity contribution in [2.24, 2.45) is 0 Å². The molecule has 1 aliphatic rings. The van der Waals surface area contributed by atoms with Gasteiger partial charge in [-0.05, 0) is 53.9 Å². The van der Waals surface area contributed by atoms with Crippen molar-refractivity contribution in [2.75, 3.05) is 20.8 Å². The third-order valence-electron chi connectivity index (χ3n) is 6.08. The first-order valence-electron chi connectivity index (χ1n) is 10.7. The van der Waals surface area contributed by atoms with Gasteiger partial charge in [0.15, 0.2) is 5.43 Å². The van der Waals surface area contributed by atoms with Crippen LogP contribution in [0.1, 0.15) is 33.3 Å². The van der Waals surface area contributed by atoms with E-state index in [2.05, 4.69) is 0 Å². The van der Waals surface area contributed by atoms with Crippen molar-refractivity contribution >= 4 is 16.9 Å². The molecule has 0 radical (unpaired) electrons. The zero-order valence-corrected chi connectivity index (χ0v) is 18.4. The number of carbonyl (C=O) groups is 1. The normalized spacial score (nSPS) is 15.0. The Morgan fingerprint density at radius 2 is 1.64 bits per heavy atom. The Balaban J connectivity index is 1.60. The zero-order valence-electron chi connectivity index (χ0n) is 18.4. The van der Waals surface area contributed by atoms with Crippen molar-refractivity contribution in [3.05, 3.63) is 105 Å². The lowest BCUT2D eigenvalue weighted by Gasteiger charge is -2.25. The Kier molecular flexibility index (Phi) is 5.34. The highest BCUT2D eigenvalue weighted by Gasteiger charge is 2.42. The lowest BCUT2D eigenvalue weighted by molar-refractivity contribution is 0.0730. The molecule has 166 valence electrons. The quantitative estimate of drug-likeness (QED) is 0.438. The van der Waals surface area contributed by atoms with Gasteiger partial charge in [-0.25, -0.2) is 0 Å². The molecule has 0 saturated heterocycles. The van der Waals surface area contributed by atoms with Gasteiger partial charge in [0.05, 0.1) is 31.2 Å². The lowest BCUT2D eigenvalue weighted by atomic mass is 9.98. The molecule has 0 bridgehead atoms. The highest BCUT2D eigenvalue weighted by Crippen LogP contribution is 2.39. The second kappa shape index (κ2) is 8.47. The predicted octanol–water partition coefficient (Wildman–Crippen LogP) is 4.60. The number of amides is 1. The largest absolute Gasteiger partial charge is 0.497 e. The van der Waals surface area contributed by atoms with E-state index in [9.17, 15) is 9.59 Å². The van der Waals surface area contributed by atoms with Gasteiger partial charge in [-0.15, -0.1) is 0 Å². The van der Waals surface area contributed by atoms with Gasteiger partial charge >= 0.3 is 0 Å². The van der Waals surface area contributed by atoms with Crippen LogP contribution >= 0.6 is 0 Å². The molecule has 33 heavy (non-hydrogen) atoms. The molecule has 0 aliphatic carbocycles. The Bertz CT molecular complexity index is 1390. The van der Waals surface area contributed by atoms with Crippen LogP contribution in [0.2, 0.25) is 0 Å². The molecule has 6 heteroatoms. The summed E-state index contributed by atoms with van der Waals surface area (Å²) in [5.41, 5.74) is 2.48. The van der Waals surface area contributed by atoms with Crippen LogP contribution in [0.4, 0.5) is 0 Å². The van der Waals surface area contributed by atoms with Crippen LogP contribution < -0.4 is 14.9 Å². The van der Waals surface area contributed by atoms with Crippen LogP contribution in [0.25, 0.3) is 11.0 Å².